The molecule has 2 aromatic carbocycles. The van der Waals surface area contributed by atoms with E-state index in [0.717, 1.165) is 18.4 Å². The summed E-state index contributed by atoms with van der Waals surface area (Å²) in [5, 5.41) is 14.9. The number of hydrogen-bond acceptors (Lipinski definition) is 4. The molecule has 1 aliphatic carbocycles. The molecule has 0 heterocycles. The molecule has 148 valence electrons. The van der Waals surface area contributed by atoms with Crippen LogP contribution < -0.4 is 10.6 Å². The van der Waals surface area contributed by atoms with E-state index < -0.39 is 0 Å². The number of rotatable bonds is 9. The van der Waals surface area contributed by atoms with E-state index in [1.165, 1.54) is 5.56 Å². The Morgan fingerprint density at radius 3 is 2.50 bits per heavy atom. The van der Waals surface area contributed by atoms with E-state index >= 15 is 0 Å². The van der Waals surface area contributed by atoms with Gasteiger partial charge in [-0.1, -0.05) is 42.0 Å². The maximum atomic E-state index is 12.6. The molecular formula is C22H27N3O3. The first-order valence-electron chi connectivity index (χ1n) is 9.64. The number of aryl methyl sites for hydroxylation is 1. The van der Waals surface area contributed by atoms with Crippen molar-refractivity contribution in [2.75, 3.05) is 25.0 Å². The second kappa shape index (κ2) is 9.48. The highest BCUT2D eigenvalue weighted by atomic mass is 16.3. The Hall–Kier alpha value is -2.70. The quantitative estimate of drug-likeness (QED) is 0.623. The van der Waals surface area contributed by atoms with E-state index in [1.807, 2.05) is 36.1 Å². The van der Waals surface area contributed by atoms with Gasteiger partial charge in [-0.05, 0) is 37.5 Å². The van der Waals surface area contributed by atoms with Gasteiger partial charge in [0.2, 0.25) is 5.91 Å². The van der Waals surface area contributed by atoms with Crippen molar-refractivity contribution in [3.05, 3.63) is 65.2 Å². The highest BCUT2D eigenvalue weighted by molar-refractivity contribution is 6.04. The van der Waals surface area contributed by atoms with E-state index in [9.17, 15) is 14.7 Å². The molecule has 0 radical (unpaired) electrons. The fourth-order valence-electron chi connectivity index (χ4n) is 3.11. The molecule has 2 amide bonds. The van der Waals surface area contributed by atoms with Gasteiger partial charge in [0, 0.05) is 19.1 Å². The summed E-state index contributed by atoms with van der Waals surface area (Å²) >= 11 is 0. The number of para-hydroxylation sites is 1. The molecule has 6 nitrogen and oxygen atoms in total. The normalized spacial score (nSPS) is 13.4. The van der Waals surface area contributed by atoms with E-state index in [-0.39, 0.29) is 25.0 Å². The Labute approximate surface area is 165 Å². The number of carbonyl (C=O) groups excluding carboxylic acids is 2. The third-order valence-electron chi connectivity index (χ3n) is 4.82. The minimum atomic E-state index is -0.231. The van der Waals surface area contributed by atoms with E-state index in [0.29, 0.717) is 30.4 Å². The minimum absolute atomic E-state index is 0.0295. The minimum Gasteiger partial charge on any atom is -0.395 e. The second-order valence-corrected chi connectivity index (χ2v) is 7.19. The van der Waals surface area contributed by atoms with Crippen LogP contribution in [0.4, 0.5) is 5.69 Å². The summed E-state index contributed by atoms with van der Waals surface area (Å²) in [5.74, 6) is -0.412. The van der Waals surface area contributed by atoms with E-state index in [4.69, 9.17) is 0 Å². The molecule has 1 aliphatic rings. The predicted octanol–water partition coefficient (Wildman–Crippen LogP) is 2.32. The van der Waals surface area contributed by atoms with Crippen LogP contribution in [0.25, 0.3) is 0 Å². The number of carbonyl (C=O) groups is 2. The van der Waals surface area contributed by atoms with Gasteiger partial charge in [0.05, 0.1) is 24.4 Å². The lowest BCUT2D eigenvalue weighted by Gasteiger charge is -2.20. The molecule has 0 saturated heterocycles. The van der Waals surface area contributed by atoms with Crippen LogP contribution in [0.15, 0.2) is 48.5 Å². The number of anilines is 1. The van der Waals surface area contributed by atoms with Gasteiger partial charge < -0.3 is 15.7 Å². The molecule has 1 saturated carbocycles. The zero-order valence-corrected chi connectivity index (χ0v) is 16.1. The van der Waals surface area contributed by atoms with Crippen molar-refractivity contribution in [3.8, 4) is 0 Å². The second-order valence-electron chi connectivity index (χ2n) is 7.19. The largest absolute Gasteiger partial charge is 0.395 e. The molecule has 3 N–H and O–H groups in total. The SMILES string of the molecule is Cc1ccc(CNC(=O)c2ccccc2NC(=O)CN(CCO)C2CC2)cc1. The first-order chi connectivity index (χ1) is 13.6. The molecule has 6 heteroatoms. The summed E-state index contributed by atoms with van der Waals surface area (Å²) in [6, 6.07) is 15.4. The lowest BCUT2D eigenvalue weighted by Crippen LogP contribution is -2.37. The Bertz CT molecular complexity index is 816. The average molecular weight is 381 g/mol. The van der Waals surface area contributed by atoms with E-state index in [2.05, 4.69) is 10.6 Å². The van der Waals surface area contributed by atoms with Crippen molar-refractivity contribution in [3.63, 3.8) is 0 Å². The maximum Gasteiger partial charge on any atom is 0.253 e. The molecule has 0 aromatic heterocycles. The van der Waals surface area contributed by atoms with Gasteiger partial charge in [-0.15, -0.1) is 0 Å². The van der Waals surface area contributed by atoms with Gasteiger partial charge >= 0.3 is 0 Å². The number of aliphatic hydroxyl groups is 1. The lowest BCUT2D eigenvalue weighted by atomic mass is 10.1. The van der Waals surface area contributed by atoms with Crippen molar-refractivity contribution >= 4 is 17.5 Å². The van der Waals surface area contributed by atoms with Crippen LogP contribution in [0.2, 0.25) is 0 Å². The van der Waals surface area contributed by atoms with Crippen molar-refractivity contribution in [1.82, 2.24) is 10.2 Å². The van der Waals surface area contributed by atoms with Crippen molar-refractivity contribution in [2.24, 2.45) is 0 Å². The fraction of sp³-hybridized carbons (Fsp3) is 0.364. The molecule has 0 bridgehead atoms. The molecule has 3 rings (SSSR count). The van der Waals surface area contributed by atoms with Crippen molar-refractivity contribution in [1.29, 1.82) is 0 Å². The van der Waals surface area contributed by atoms with Gasteiger partial charge in [-0.2, -0.15) is 0 Å². The van der Waals surface area contributed by atoms with Crippen LogP contribution in [0.1, 0.15) is 34.3 Å². The zero-order valence-electron chi connectivity index (χ0n) is 16.1. The summed E-state index contributed by atoms with van der Waals surface area (Å²) in [6.45, 7) is 3.17. The fourth-order valence-corrected chi connectivity index (χ4v) is 3.11. The molecular weight excluding hydrogens is 354 g/mol. The van der Waals surface area contributed by atoms with Gasteiger partial charge in [0.15, 0.2) is 0 Å². The van der Waals surface area contributed by atoms with Crippen LogP contribution >= 0.6 is 0 Å². The number of amides is 2. The molecule has 0 unspecified atom stereocenters. The molecule has 28 heavy (non-hydrogen) atoms. The summed E-state index contributed by atoms with van der Waals surface area (Å²) in [6.07, 6.45) is 2.12. The maximum absolute atomic E-state index is 12.6. The van der Waals surface area contributed by atoms with Crippen LogP contribution in [0.3, 0.4) is 0 Å². The topological polar surface area (TPSA) is 81.7 Å². The van der Waals surface area contributed by atoms with Crippen molar-refractivity contribution in [2.45, 2.75) is 32.4 Å². The number of nitrogens with one attached hydrogen (secondary N) is 2. The lowest BCUT2D eigenvalue weighted by molar-refractivity contribution is -0.117. The monoisotopic (exact) mass is 381 g/mol. The van der Waals surface area contributed by atoms with E-state index in [1.54, 1.807) is 24.3 Å². The summed E-state index contributed by atoms with van der Waals surface area (Å²) in [5.41, 5.74) is 3.12. The standard InChI is InChI=1S/C22H27N3O3/c1-16-6-8-17(9-7-16)14-23-22(28)19-4-2-3-5-20(19)24-21(27)15-25(12-13-26)18-10-11-18/h2-9,18,26H,10-15H2,1H3,(H,23,28)(H,24,27). The predicted molar refractivity (Wildman–Crippen MR) is 109 cm³/mol. The van der Waals surface area contributed by atoms with Gasteiger partial charge in [0.1, 0.15) is 0 Å². The average Bonchev–Trinajstić information content (AvgIpc) is 3.53. The summed E-state index contributed by atoms with van der Waals surface area (Å²) in [7, 11) is 0. The van der Waals surface area contributed by atoms with Crippen molar-refractivity contribution < 1.29 is 14.7 Å². The number of aliphatic hydroxyl groups excluding tert-OH is 1. The highest BCUT2D eigenvalue weighted by Crippen LogP contribution is 2.26. The van der Waals surface area contributed by atoms with Gasteiger partial charge in [-0.25, -0.2) is 0 Å². The molecule has 0 atom stereocenters. The van der Waals surface area contributed by atoms with Gasteiger partial charge in [0.25, 0.3) is 5.91 Å². The number of nitrogens with zero attached hydrogens (tertiary/aromatic N) is 1. The first kappa shape index (κ1) is 20.0. The molecule has 0 aliphatic heterocycles. The van der Waals surface area contributed by atoms with Crippen LogP contribution in [-0.4, -0.2) is 47.6 Å². The summed E-state index contributed by atoms with van der Waals surface area (Å²) < 4.78 is 0. The Kier molecular flexibility index (Phi) is 6.79. The third kappa shape index (κ3) is 5.65. The zero-order chi connectivity index (χ0) is 19.9. The first-order valence-corrected chi connectivity index (χ1v) is 9.64. The Balaban J connectivity index is 1.60. The highest BCUT2D eigenvalue weighted by Gasteiger charge is 2.29. The van der Waals surface area contributed by atoms with Gasteiger partial charge in [-0.3, -0.25) is 14.5 Å². The Morgan fingerprint density at radius 1 is 1.11 bits per heavy atom. The number of benzene rings is 2. The third-order valence-corrected chi connectivity index (χ3v) is 4.82. The van der Waals surface area contributed by atoms with Crippen LogP contribution in [-0.2, 0) is 11.3 Å². The Morgan fingerprint density at radius 2 is 1.82 bits per heavy atom. The smallest absolute Gasteiger partial charge is 0.253 e. The van der Waals surface area contributed by atoms with Crippen LogP contribution in [0.5, 0.6) is 0 Å². The molecule has 2 aromatic rings. The molecule has 1 fully saturated rings. The number of hydrogen-bond donors (Lipinski definition) is 3. The van der Waals surface area contributed by atoms with Crippen LogP contribution in [0, 0.1) is 6.92 Å². The summed E-state index contributed by atoms with van der Waals surface area (Å²) in [4.78, 5) is 27.1. The molecule has 0 spiro atoms.